The number of benzene rings is 1. The number of rotatable bonds is 6. The van der Waals surface area contributed by atoms with E-state index in [-0.39, 0.29) is 28.9 Å². The van der Waals surface area contributed by atoms with Crippen LogP contribution in [0.5, 0.6) is 17.4 Å². The van der Waals surface area contributed by atoms with Crippen molar-refractivity contribution in [2.24, 2.45) is 0 Å². The molecule has 0 aliphatic heterocycles. The molecule has 0 aliphatic carbocycles. The number of hydrogen-bond acceptors (Lipinski definition) is 7. The highest BCUT2D eigenvalue weighted by Gasteiger charge is 2.23. The number of aryl methyl sites for hydroxylation is 1. The van der Waals surface area contributed by atoms with Crippen molar-refractivity contribution in [3.8, 4) is 23.4 Å². The van der Waals surface area contributed by atoms with Crippen LogP contribution in [-0.4, -0.2) is 26.9 Å². The highest BCUT2D eigenvalue weighted by Crippen LogP contribution is 2.29. The molecule has 11 heteroatoms. The minimum atomic E-state index is -3.05. The van der Waals surface area contributed by atoms with Gasteiger partial charge in [-0.1, -0.05) is 11.6 Å². The summed E-state index contributed by atoms with van der Waals surface area (Å²) in [6, 6.07) is 7.82. The average molecular weight is 434 g/mol. The van der Waals surface area contributed by atoms with Gasteiger partial charge in [0.25, 0.3) is 12.0 Å². The van der Waals surface area contributed by atoms with Crippen LogP contribution in [0.4, 0.5) is 8.78 Å². The third kappa shape index (κ3) is 4.52. The largest absolute Gasteiger partial charge is 0.480 e. The lowest BCUT2D eigenvalue weighted by Crippen LogP contribution is -2.24. The molecule has 0 fully saturated rings. The van der Waals surface area contributed by atoms with Crippen molar-refractivity contribution in [1.82, 2.24) is 19.7 Å². The summed E-state index contributed by atoms with van der Waals surface area (Å²) in [7, 11) is 1.36. The summed E-state index contributed by atoms with van der Waals surface area (Å²) in [5.74, 6) is -0.463. The fraction of sp³-hybridized carbons (Fsp3) is 0.211. The van der Waals surface area contributed by atoms with E-state index in [1.807, 2.05) is 6.07 Å². The number of halogens is 3. The highest BCUT2D eigenvalue weighted by molar-refractivity contribution is 6.29. The quantitative estimate of drug-likeness (QED) is 0.584. The number of nitriles is 1. The minimum absolute atomic E-state index is 0.0660. The number of aromatic nitrogens is 4. The lowest BCUT2D eigenvalue weighted by molar-refractivity contribution is 0.141. The predicted octanol–water partition coefficient (Wildman–Crippen LogP) is 3.65. The summed E-state index contributed by atoms with van der Waals surface area (Å²) in [5.41, 5.74) is -0.354. The molecule has 8 nitrogen and oxygen atoms in total. The van der Waals surface area contributed by atoms with Gasteiger partial charge in [0.2, 0.25) is 11.6 Å². The molecule has 2 heterocycles. The standard InChI is InChI=1S/C19H14ClF2N5O3/c1-10-3-11(7-23)5-13(4-10)30-16-15(17(21)22)24-9-27(19(16)28)8-12-6-14(20)25-26-18(12)29-2/h3-6,9,17H,8H2,1-2H3. The zero-order valence-corrected chi connectivity index (χ0v) is 16.5. The Labute approximate surface area is 174 Å². The summed E-state index contributed by atoms with van der Waals surface area (Å²) in [6.45, 7) is 1.58. The van der Waals surface area contributed by atoms with Crippen LogP contribution in [0.1, 0.15) is 28.8 Å². The Hall–Kier alpha value is -3.58. The maximum Gasteiger partial charge on any atom is 0.297 e. The van der Waals surface area contributed by atoms with Gasteiger partial charge in [0.1, 0.15) is 5.75 Å². The van der Waals surface area contributed by atoms with E-state index in [1.165, 1.54) is 25.3 Å². The second kappa shape index (κ2) is 8.84. The average Bonchev–Trinajstić information content (AvgIpc) is 2.70. The Kier molecular flexibility index (Phi) is 6.23. The van der Waals surface area contributed by atoms with Crippen LogP contribution in [0.2, 0.25) is 5.15 Å². The van der Waals surface area contributed by atoms with Gasteiger partial charge in [0.15, 0.2) is 10.8 Å². The molecule has 0 N–H and O–H groups in total. The monoisotopic (exact) mass is 433 g/mol. The molecule has 0 saturated carbocycles. The van der Waals surface area contributed by atoms with Crippen molar-refractivity contribution < 1.29 is 18.3 Å². The van der Waals surface area contributed by atoms with Crippen molar-refractivity contribution in [2.45, 2.75) is 19.9 Å². The zero-order valence-electron chi connectivity index (χ0n) is 15.8. The maximum atomic E-state index is 13.5. The number of alkyl halides is 2. The van der Waals surface area contributed by atoms with Gasteiger partial charge in [0, 0.05) is 5.56 Å². The summed E-state index contributed by atoms with van der Waals surface area (Å²) >= 11 is 5.85. The molecule has 3 aromatic rings. The molecule has 30 heavy (non-hydrogen) atoms. The summed E-state index contributed by atoms with van der Waals surface area (Å²) < 4.78 is 38.5. The first kappa shape index (κ1) is 21.1. The molecule has 0 radical (unpaired) electrons. The molecule has 0 bridgehead atoms. The molecular formula is C19H14ClF2N5O3. The van der Waals surface area contributed by atoms with Crippen LogP contribution in [0.15, 0.2) is 35.4 Å². The molecule has 0 aliphatic rings. The first-order chi connectivity index (χ1) is 14.3. The fourth-order valence-corrected chi connectivity index (χ4v) is 2.87. The van der Waals surface area contributed by atoms with Gasteiger partial charge in [-0.15, -0.1) is 10.2 Å². The van der Waals surface area contributed by atoms with Gasteiger partial charge < -0.3 is 9.47 Å². The number of hydrogen-bond donors (Lipinski definition) is 0. The predicted molar refractivity (Wildman–Crippen MR) is 102 cm³/mol. The van der Waals surface area contributed by atoms with E-state index in [0.717, 1.165) is 10.9 Å². The van der Waals surface area contributed by atoms with Crippen LogP contribution < -0.4 is 15.0 Å². The second-order valence-electron chi connectivity index (χ2n) is 6.14. The van der Waals surface area contributed by atoms with Gasteiger partial charge in [-0.25, -0.2) is 13.8 Å². The molecule has 0 unspecified atom stereocenters. The van der Waals surface area contributed by atoms with Crippen LogP contribution >= 0.6 is 11.6 Å². The fourth-order valence-electron chi connectivity index (χ4n) is 2.70. The van der Waals surface area contributed by atoms with Gasteiger partial charge >= 0.3 is 0 Å². The molecule has 1 aromatic carbocycles. The smallest absolute Gasteiger partial charge is 0.297 e. The van der Waals surface area contributed by atoms with E-state index in [4.69, 9.17) is 26.3 Å². The SMILES string of the molecule is COc1nnc(Cl)cc1Cn1cnc(C(F)F)c(Oc2cc(C)cc(C#N)c2)c1=O. The Morgan fingerprint density at radius 3 is 2.70 bits per heavy atom. The Bertz CT molecular complexity index is 1190. The third-order valence-electron chi connectivity index (χ3n) is 3.97. The lowest BCUT2D eigenvalue weighted by atomic mass is 10.1. The molecule has 0 spiro atoms. The van der Waals surface area contributed by atoms with Crippen LogP contribution in [-0.2, 0) is 6.54 Å². The van der Waals surface area contributed by atoms with Crippen molar-refractivity contribution in [1.29, 1.82) is 5.26 Å². The zero-order chi connectivity index (χ0) is 21.8. The number of nitrogens with zero attached hydrogens (tertiary/aromatic N) is 5. The van der Waals surface area contributed by atoms with Crippen LogP contribution in [0.25, 0.3) is 0 Å². The molecule has 154 valence electrons. The molecule has 2 aromatic heterocycles. The van der Waals surface area contributed by atoms with Crippen LogP contribution in [0.3, 0.4) is 0 Å². The first-order valence-electron chi connectivity index (χ1n) is 8.45. The maximum absolute atomic E-state index is 13.5. The Morgan fingerprint density at radius 1 is 1.27 bits per heavy atom. The molecule has 0 saturated heterocycles. The van der Waals surface area contributed by atoms with Gasteiger partial charge in [-0.3, -0.25) is 9.36 Å². The van der Waals surface area contributed by atoms with Crippen molar-refractivity contribution in [3.63, 3.8) is 0 Å². The second-order valence-corrected chi connectivity index (χ2v) is 6.53. The first-order valence-corrected chi connectivity index (χ1v) is 8.83. The van der Waals surface area contributed by atoms with Gasteiger partial charge in [0.05, 0.1) is 31.6 Å². The Balaban J connectivity index is 2.07. The molecular weight excluding hydrogens is 420 g/mol. The summed E-state index contributed by atoms with van der Waals surface area (Å²) in [6.07, 6.45) is -2.07. The van der Waals surface area contributed by atoms with E-state index in [2.05, 4.69) is 15.2 Å². The lowest BCUT2D eigenvalue weighted by Gasteiger charge is -2.14. The molecule has 3 rings (SSSR count). The van der Waals surface area contributed by atoms with Crippen molar-refractivity contribution in [3.05, 3.63) is 68.5 Å². The number of methoxy groups -OCH3 is 1. The van der Waals surface area contributed by atoms with E-state index in [1.54, 1.807) is 13.0 Å². The third-order valence-corrected chi connectivity index (χ3v) is 4.15. The van der Waals surface area contributed by atoms with E-state index in [0.29, 0.717) is 11.1 Å². The highest BCUT2D eigenvalue weighted by atomic mass is 35.5. The van der Waals surface area contributed by atoms with Crippen molar-refractivity contribution in [2.75, 3.05) is 7.11 Å². The number of ether oxygens (including phenoxy) is 2. The van der Waals surface area contributed by atoms with E-state index in [9.17, 15) is 13.6 Å². The molecule has 0 atom stereocenters. The topological polar surface area (TPSA) is 103 Å². The van der Waals surface area contributed by atoms with Gasteiger partial charge in [-0.05, 0) is 36.8 Å². The summed E-state index contributed by atoms with van der Waals surface area (Å²) in [5, 5.41) is 16.6. The molecule has 0 amide bonds. The van der Waals surface area contributed by atoms with Crippen LogP contribution in [0, 0.1) is 18.3 Å². The van der Waals surface area contributed by atoms with E-state index < -0.39 is 23.4 Å². The van der Waals surface area contributed by atoms with E-state index >= 15 is 0 Å². The summed E-state index contributed by atoms with van der Waals surface area (Å²) in [4.78, 5) is 16.6. The minimum Gasteiger partial charge on any atom is -0.480 e. The van der Waals surface area contributed by atoms with Gasteiger partial charge in [-0.2, -0.15) is 5.26 Å². The van der Waals surface area contributed by atoms with Crippen molar-refractivity contribution >= 4 is 11.6 Å². The normalized spacial score (nSPS) is 10.7. The Morgan fingerprint density at radius 2 is 2.03 bits per heavy atom.